The molecule has 0 radical (unpaired) electrons. The second-order valence-electron chi connectivity index (χ2n) is 3.18. The number of nitrogens with zero attached hydrogens (tertiary/aromatic N) is 3. The van der Waals surface area contributed by atoms with Crippen LogP contribution in [0, 0.1) is 0 Å². The van der Waals surface area contributed by atoms with E-state index in [-0.39, 0.29) is 12.4 Å². The molecule has 0 aliphatic carbocycles. The van der Waals surface area contributed by atoms with Crippen molar-refractivity contribution in [2.45, 2.75) is 26.2 Å². The predicted molar refractivity (Wildman–Crippen MR) is 60.9 cm³/mol. The number of oxime groups is 1. The van der Waals surface area contributed by atoms with Crippen LogP contribution in [0.2, 0.25) is 0 Å². The molecule has 0 saturated heterocycles. The largest absolute Gasteiger partial charge is 0.411 e. The first-order valence-electron chi connectivity index (χ1n) is 4.85. The fourth-order valence-corrected chi connectivity index (χ4v) is 1.42. The normalized spacial score (nSPS) is 16.6. The predicted octanol–water partition coefficient (Wildman–Crippen LogP) is 1.77. The molecule has 0 bridgehead atoms. The Labute approximate surface area is 91.1 Å². The van der Waals surface area contributed by atoms with Crippen LogP contribution in [0.3, 0.4) is 0 Å². The summed E-state index contributed by atoms with van der Waals surface area (Å²) in [5, 5.41) is 11.4. The lowest BCUT2D eigenvalue weighted by atomic mass is 10.2. The SMILES string of the molecule is CCCCN1CCCN=C1C=NO.Cl. The zero-order valence-electron chi connectivity index (χ0n) is 8.52. The minimum Gasteiger partial charge on any atom is -0.411 e. The van der Waals surface area contributed by atoms with Crippen molar-refractivity contribution < 1.29 is 5.21 Å². The van der Waals surface area contributed by atoms with Gasteiger partial charge >= 0.3 is 0 Å². The second-order valence-corrected chi connectivity index (χ2v) is 3.18. The van der Waals surface area contributed by atoms with Crippen molar-refractivity contribution in [1.82, 2.24) is 4.90 Å². The Bertz CT molecular complexity index is 206. The summed E-state index contributed by atoms with van der Waals surface area (Å²) >= 11 is 0. The Morgan fingerprint density at radius 3 is 3.07 bits per heavy atom. The minimum atomic E-state index is 0. The number of hydrogen-bond acceptors (Lipinski definition) is 4. The molecular weight excluding hydrogens is 202 g/mol. The Balaban J connectivity index is 0.00000169. The lowest BCUT2D eigenvalue weighted by Crippen LogP contribution is -2.37. The zero-order chi connectivity index (χ0) is 9.52. The molecule has 0 spiro atoms. The van der Waals surface area contributed by atoms with Gasteiger partial charge in [0.25, 0.3) is 0 Å². The second kappa shape index (κ2) is 7.62. The Morgan fingerprint density at radius 1 is 1.64 bits per heavy atom. The minimum absolute atomic E-state index is 0. The van der Waals surface area contributed by atoms with Crippen molar-refractivity contribution in [2.75, 3.05) is 19.6 Å². The Kier molecular flexibility index (Phi) is 7.20. The molecule has 14 heavy (non-hydrogen) atoms. The molecule has 0 aromatic heterocycles. The number of hydrogen-bond donors (Lipinski definition) is 1. The third-order valence-corrected chi connectivity index (χ3v) is 2.14. The van der Waals surface area contributed by atoms with Gasteiger partial charge in [-0.2, -0.15) is 0 Å². The molecule has 82 valence electrons. The fourth-order valence-electron chi connectivity index (χ4n) is 1.42. The van der Waals surface area contributed by atoms with E-state index >= 15 is 0 Å². The van der Waals surface area contributed by atoms with Crippen LogP contribution in [0.5, 0.6) is 0 Å². The molecule has 0 saturated carbocycles. The van der Waals surface area contributed by atoms with Gasteiger partial charge in [0.15, 0.2) is 0 Å². The Hall–Kier alpha value is -0.770. The van der Waals surface area contributed by atoms with Crippen LogP contribution in [0.25, 0.3) is 0 Å². The highest BCUT2D eigenvalue weighted by Gasteiger charge is 2.12. The average molecular weight is 220 g/mol. The van der Waals surface area contributed by atoms with Crippen molar-refractivity contribution in [3.63, 3.8) is 0 Å². The maximum absolute atomic E-state index is 8.42. The van der Waals surface area contributed by atoms with E-state index in [1.165, 1.54) is 12.6 Å². The van der Waals surface area contributed by atoms with E-state index in [9.17, 15) is 0 Å². The van der Waals surface area contributed by atoms with Gasteiger partial charge in [-0.25, -0.2) is 0 Å². The topological polar surface area (TPSA) is 48.2 Å². The molecule has 0 amide bonds. The summed E-state index contributed by atoms with van der Waals surface area (Å²) in [6.07, 6.45) is 4.87. The molecule has 5 heteroatoms. The van der Waals surface area contributed by atoms with Gasteiger partial charge in [0.1, 0.15) is 12.1 Å². The zero-order valence-corrected chi connectivity index (χ0v) is 9.33. The van der Waals surface area contributed by atoms with Crippen LogP contribution in [0.1, 0.15) is 26.2 Å². The number of unbranched alkanes of at least 4 members (excludes halogenated alkanes) is 1. The van der Waals surface area contributed by atoms with Crippen molar-refractivity contribution in [1.29, 1.82) is 0 Å². The van der Waals surface area contributed by atoms with Gasteiger partial charge in [0.05, 0.1) is 0 Å². The lowest BCUT2D eigenvalue weighted by molar-refractivity contribution is 0.320. The van der Waals surface area contributed by atoms with Gasteiger partial charge in [0.2, 0.25) is 0 Å². The first-order chi connectivity index (χ1) is 6.38. The van der Waals surface area contributed by atoms with E-state index in [1.54, 1.807) is 0 Å². The molecule has 1 heterocycles. The number of halogens is 1. The third-order valence-electron chi connectivity index (χ3n) is 2.14. The van der Waals surface area contributed by atoms with Gasteiger partial charge < -0.3 is 10.1 Å². The van der Waals surface area contributed by atoms with E-state index in [1.807, 2.05) is 0 Å². The fraction of sp³-hybridized carbons (Fsp3) is 0.778. The van der Waals surface area contributed by atoms with Gasteiger partial charge in [-0.1, -0.05) is 18.5 Å². The maximum Gasteiger partial charge on any atom is 0.145 e. The molecule has 1 aliphatic heterocycles. The molecule has 1 aliphatic rings. The van der Waals surface area contributed by atoms with Crippen LogP contribution >= 0.6 is 12.4 Å². The van der Waals surface area contributed by atoms with Gasteiger partial charge in [-0.3, -0.25) is 4.99 Å². The maximum atomic E-state index is 8.42. The number of amidine groups is 1. The number of rotatable bonds is 4. The van der Waals surface area contributed by atoms with Gasteiger partial charge in [0, 0.05) is 19.6 Å². The summed E-state index contributed by atoms with van der Waals surface area (Å²) in [6, 6.07) is 0. The molecular formula is C9H18ClN3O. The third kappa shape index (κ3) is 3.96. The molecule has 0 atom stereocenters. The monoisotopic (exact) mass is 219 g/mol. The summed E-state index contributed by atoms with van der Waals surface area (Å²) in [5.74, 6) is 0.821. The van der Waals surface area contributed by atoms with E-state index < -0.39 is 0 Å². The van der Waals surface area contributed by atoms with Crippen LogP contribution < -0.4 is 0 Å². The van der Waals surface area contributed by atoms with Crippen LogP contribution in [-0.2, 0) is 0 Å². The smallest absolute Gasteiger partial charge is 0.145 e. The summed E-state index contributed by atoms with van der Waals surface area (Å²) < 4.78 is 0. The standard InChI is InChI=1S/C9H17N3O.ClH/c1-2-3-6-12-7-4-5-10-9(12)8-11-13;/h8,13H,2-7H2,1H3;1H. The highest BCUT2D eigenvalue weighted by atomic mass is 35.5. The number of aliphatic imine (C=N–C) groups is 1. The molecule has 1 rings (SSSR count). The van der Waals surface area contributed by atoms with Crippen molar-refractivity contribution in [2.24, 2.45) is 10.1 Å². The molecule has 4 nitrogen and oxygen atoms in total. The van der Waals surface area contributed by atoms with E-state index in [0.29, 0.717) is 0 Å². The van der Waals surface area contributed by atoms with E-state index in [4.69, 9.17) is 5.21 Å². The quantitative estimate of drug-likeness (QED) is 0.445. The van der Waals surface area contributed by atoms with Crippen LogP contribution in [-0.4, -0.2) is 41.8 Å². The highest BCUT2D eigenvalue weighted by Crippen LogP contribution is 2.03. The summed E-state index contributed by atoms with van der Waals surface area (Å²) in [7, 11) is 0. The summed E-state index contributed by atoms with van der Waals surface area (Å²) in [5.41, 5.74) is 0. The van der Waals surface area contributed by atoms with Crippen LogP contribution in [0.15, 0.2) is 10.1 Å². The van der Waals surface area contributed by atoms with Crippen molar-refractivity contribution >= 4 is 24.5 Å². The van der Waals surface area contributed by atoms with E-state index in [0.717, 1.165) is 38.3 Å². The highest BCUT2D eigenvalue weighted by molar-refractivity contribution is 6.29. The Morgan fingerprint density at radius 2 is 2.43 bits per heavy atom. The average Bonchev–Trinajstić information content (AvgIpc) is 2.17. The molecule has 0 fully saturated rings. The van der Waals surface area contributed by atoms with Crippen LogP contribution in [0.4, 0.5) is 0 Å². The molecule has 0 unspecified atom stereocenters. The first kappa shape index (κ1) is 13.2. The first-order valence-corrected chi connectivity index (χ1v) is 4.85. The lowest BCUT2D eigenvalue weighted by Gasteiger charge is -2.26. The van der Waals surface area contributed by atoms with Crippen molar-refractivity contribution in [3.8, 4) is 0 Å². The summed E-state index contributed by atoms with van der Waals surface area (Å²) in [4.78, 5) is 6.46. The molecule has 0 aromatic rings. The van der Waals surface area contributed by atoms with Gasteiger partial charge in [-0.15, -0.1) is 12.4 Å². The van der Waals surface area contributed by atoms with Crippen molar-refractivity contribution in [3.05, 3.63) is 0 Å². The molecule has 0 aromatic carbocycles. The summed E-state index contributed by atoms with van der Waals surface area (Å²) in [6.45, 7) is 5.07. The molecule has 1 N–H and O–H groups in total. The van der Waals surface area contributed by atoms with E-state index in [2.05, 4.69) is 22.0 Å². The van der Waals surface area contributed by atoms with Gasteiger partial charge in [-0.05, 0) is 12.8 Å².